The van der Waals surface area contributed by atoms with Crippen molar-refractivity contribution >= 4 is 44.9 Å². The first-order valence-corrected chi connectivity index (χ1v) is 16.7. The first-order valence-electron chi connectivity index (χ1n) is 16.7. The second-order valence-electron chi connectivity index (χ2n) is 13.4. The lowest BCUT2D eigenvalue weighted by Crippen LogP contribution is -2.33. The number of hydrogen-bond acceptors (Lipinski definition) is 2. The van der Waals surface area contributed by atoms with E-state index < -0.39 is 0 Å². The van der Waals surface area contributed by atoms with E-state index in [-0.39, 0.29) is 10.8 Å². The second kappa shape index (κ2) is 12.2. The third-order valence-electron chi connectivity index (χ3n) is 10.1. The van der Waals surface area contributed by atoms with Crippen LogP contribution in [0, 0.1) is 0 Å². The fraction of sp³-hybridized carbons (Fsp3) is 0.209. The van der Waals surface area contributed by atoms with Gasteiger partial charge in [-0.2, -0.15) is 9.15 Å². The number of para-hydroxylation sites is 1. The van der Waals surface area contributed by atoms with Crippen LogP contribution >= 0.6 is 0 Å². The van der Waals surface area contributed by atoms with E-state index in [1.54, 1.807) is 0 Å². The molecule has 1 unspecified atom stereocenters. The van der Waals surface area contributed by atoms with Crippen LogP contribution in [0.2, 0.25) is 0 Å². The highest BCUT2D eigenvalue weighted by atomic mass is 15.1. The van der Waals surface area contributed by atoms with E-state index in [0.29, 0.717) is 0 Å². The SMILES string of the molecule is CC[N+]1=C(C=CNc2ccc(NC=CC3=[N+](C)c4ccc5ccccc5c4C3(C)C)cc2)C(C)(Cc2ccccc2)c2ccccc21. The van der Waals surface area contributed by atoms with E-state index in [0.717, 1.165) is 24.3 Å². The van der Waals surface area contributed by atoms with Gasteiger partial charge in [-0.1, -0.05) is 72.8 Å². The minimum Gasteiger partial charge on any atom is -0.361 e. The smallest absolute Gasteiger partial charge is 0.210 e. The molecule has 2 aliphatic rings. The van der Waals surface area contributed by atoms with Crippen LogP contribution in [0.3, 0.4) is 0 Å². The zero-order chi connectivity index (χ0) is 32.6. The molecule has 2 heterocycles. The van der Waals surface area contributed by atoms with Gasteiger partial charge in [-0.25, -0.2) is 0 Å². The Balaban J connectivity index is 1.05. The maximum absolute atomic E-state index is 3.53. The molecule has 1 atom stereocenters. The number of allylic oxidation sites excluding steroid dienone is 2. The Morgan fingerprint density at radius 1 is 0.638 bits per heavy atom. The van der Waals surface area contributed by atoms with Crippen molar-refractivity contribution in [3.8, 4) is 0 Å². The quantitative estimate of drug-likeness (QED) is 0.162. The summed E-state index contributed by atoms with van der Waals surface area (Å²) in [4.78, 5) is 0. The molecule has 5 aromatic carbocycles. The predicted molar refractivity (Wildman–Crippen MR) is 199 cm³/mol. The molecule has 4 nitrogen and oxygen atoms in total. The third kappa shape index (κ3) is 5.38. The fourth-order valence-electron chi connectivity index (χ4n) is 7.84. The molecular formula is C43H44N4+2. The van der Waals surface area contributed by atoms with E-state index >= 15 is 0 Å². The Morgan fingerprint density at radius 2 is 1.26 bits per heavy atom. The van der Waals surface area contributed by atoms with E-state index in [2.05, 4.69) is 194 Å². The average Bonchev–Trinajstić information content (AvgIpc) is 3.44. The van der Waals surface area contributed by atoms with Gasteiger partial charge in [0.2, 0.25) is 11.4 Å². The molecule has 2 aliphatic heterocycles. The van der Waals surface area contributed by atoms with Crippen molar-refractivity contribution in [2.45, 2.75) is 44.9 Å². The van der Waals surface area contributed by atoms with Crippen LogP contribution in [0.1, 0.15) is 44.4 Å². The first-order chi connectivity index (χ1) is 22.8. The molecule has 234 valence electrons. The Morgan fingerprint density at radius 3 is 1.96 bits per heavy atom. The van der Waals surface area contributed by atoms with E-state index in [4.69, 9.17) is 0 Å². The first kappa shape index (κ1) is 30.4. The number of nitrogens with zero attached hydrogens (tertiary/aromatic N) is 2. The number of hydrogen-bond donors (Lipinski definition) is 2. The summed E-state index contributed by atoms with van der Waals surface area (Å²) >= 11 is 0. The normalized spacial score (nSPS) is 18.4. The molecule has 0 aliphatic carbocycles. The van der Waals surface area contributed by atoms with Gasteiger partial charge >= 0.3 is 0 Å². The Labute approximate surface area is 279 Å². The van der Waals surface area contributed by atoms with Crippen molar-refractivity contribution in [1.82, 2.24) is 0 Å². The number of nitrogens with one attached hydrogen (secondary N) is 2. The molecule has 47 heavy (non-hydrogen) atoms. The lowest BCUT2D eigenvalue weighted by atomic mass is 9.74. The zero-order valence-corrected chi connectivity index (χ0v) is 28.1. The molecule has 0 amide bonds. The highest BCUT2D eigenvalue weighted by molar-refractivity contribution is 6.07. The molecule has 2 N–H and O–H groups in total. The lowest BCUT2D eigenvalue weighted by Gasteiger charge is -2.22. The second-order valence-corrected chi connectivity index (χ2v) is 13.4. The van der Waals surface area contributed by atoms with Crippen molar-refractivity contribution in [3.63, 3.8) is 0 Å². The molecular weight excluding hydrogens is 573 g/mol. The summed E-state index contributed by atoms with van der Waals surface area (Å²) in [6.07, 6.45) is 9.58. The predicted octanol–water partition coefficient (Wildman–Crippen LogP) is 9.72. The van der Waals surface area contributed by atoms with Crippen LogP contribution in [0.4, 0.5) is 22.7 Å². The summed E-state index contributed by atoms with van der Waals surface area (Å²) in [6, 6.07) is 41.3. The molecule has 0 fully saturated rings. The zero-order valence-electron chi connectivity index (χ0n) is 28.1. The average molecular weight is 617 g/mol. The topological polar surface area (TPSA) is 30.1 Å². The lowest BCUT2D eigenvalue weighted by molar-refractivity contribution is -0.433. The van der Waals surface area contributed by atoms with E-state index in [9.17, 15) is 0 Å². The van der Waals surface area contributed by atoms with Crippen molar-refractivity contribution in [2.75, 3.05) is 24.2 Å². The summed E-state index contributed by atoms with van der Waals surface area (Å²) in [6.45, 7) is 10.2. The molecule has 7 rings (SSSR count). The molecule has 0 radical (unpaired) electrons. The van der Waals surface area contributed by atoms with E-state index in [1.165, 1.54) is 50.3 Å². The summed E-state index contributed by atoms with van der Waals surface area (Å²) in [5.74, 6) is 0. The van der Waals surface area contributed by atoms with Crippen molar-refractivity contribution in [2.24, 2.45) is 0 Å². The van der Waals surface area contributed by atoms with Gasteiger partial charge in [0.25, 0.3) is 0 Å². The molecule has 5 aromatic rings. The maximum atomic E-state index is 3.53. The summed E-state index contributed by atoms with van der Waals surface area (Å²) in [5.41, 5.74) is 11.2. The fourth-order valence-corrected chi connectivity index (χ4v) is 7.84. The van der Waals surface area contributed by atoms with Crippen LogP contribution in [0.15, 0.2) is 140 Å². The van der Waals surface area contributed by atoms with Gasteiger partial charge in [-0.15, -0.1) is 0 Å². The van der Waals surface area contributed by atoms with Crippen LogP contribution in [-0.2, 0) is 17.3 Å². The van der Waals surface area contributed by atoms with Crippen LogP contribution < -0.4 is 10.6 Å². The van der Waals surface area contributed by atoms with Crippen molar-refractivity contribution in [3.05, 3.63) is 157 Å². The van der Waals surface area contributed by atoms with Gasteiger partial charge in [-0.3, -0.25) is 0 Å². The monoisotopic (exact) mass is 616 g/mol. The van der Waals surface area contributed by atoms with Crippen LogP contribution in [0.25, 0.3) is 10.8 Å². The molecule has 0 saturated heterocycles. The molecule has 4 heteroatoms. The number of rotatable bonds is 9. The number of anilines is 2. The molecule has 0 aromatic heterocycles. The Bertz CT molecular complexity index is 2080. The van der Waals surface area contributed by atoms with Gasteiger partial charge in [-0.05, 0) is 80.8 Å². The minimum atomic E-state index is -0.124. The molecule has 0 spiro atoms. The Hall–Kier alpha value is -5.22. The van der Waals surface area contributed by atoms with Gasteiger partial charge in [0, 0.05) is 59.2 Å². The minimum absolute atomic E-state index is 0.105. The number of fused-ring (bicyclic) bond motifs is 4. The summed E-state index contributed by atoms with van der Waals surface area (Å²) < 4.78 is 4.78. The number of benzene rings is 5. The van der Waals surface area contributed by atoms with Crippen LogP contribution in [0.5, 0.6) is 0 Å². The van der Waals surface area contributed by atoms with Gasteiger partial charge in [0.1, 0.15) is 13.6 Å². The maximum Gasteiger partial charge on any atom is 0.210 e. The van der Waals surface area contributed by atoms with Gasteiger partial charge < -0.3 is 10.6 Å². The highest BCUT2D eigenvalue weighted by Gasteiger charge is 2.47. The van der Waals surface area contributed by atoms with Gasteiger partial charge in [0.15, 0.2) is 11.4 Å². The standard InChI is InChI=1S/C43H42N4/c1-6-47-37-19-13-12-18-36(37)43(4,30-31-14-8-7-9-15-31)40(47)27-29-45-34-23-21-33(22-24-34)44-28-26-39-42(2,3)41-35-17-11-10-16-32(35)20-25-38(41)46(39)5/h7-29H,6,30H2,1-5H3/p+2. The van der Waals surface area contributed by atoms with Crippen molar-refractivity contribution < 1.29 is 9.15 Å². The van der Waals surface area contributed by atoms with E-state index in [1.807, 2.05) is 0 Å². The molecule has 0 bridgehead atoms. The Kier molecular flexibility index (Phi) is 7.89. The summed E-state index contributed by atoms with van der Waals surface area (Å²) in [5, 5.41) is 9.64. The highest BCUT2D eigenvalue weighted by Crippen LogP contribution is 2.44. The third-order valence-corrected chi connectivity index (χ3v) is 10.1. The van der Waals surface area contributed by atoms with Gasteiger partial charge in [0.05, 0.1) is 10.8 Å². The summed E-state index contributed by atoms with van der Waals surface area (Å²) in [7, 11) is 2.17. The van der Waals surface area contributed by atoms with Crippen LogP contribution in [-0.4, -0.2) is 34.2 Å². The molecule has 0 saturated carbocycles. The van der Waals surface area contributed by atoms with Crippen molar-refractivity contribution in [1.29, 1.82) is 0 Å². The largest absolute Gasteiger partial charge is 0.361 e.